The summed E-state index contributed by atoms with van der Waals surface area (Å²) in [6.07, 6.45) is -0.216. The quantitative estimate of drug-likeness (QED) is 0.600. The number of halogens is 1. The Morgan fingerprint density at radius 2 is 1.89 bits per heavy atom. The second kappa shape index (κ2) is 7.53. The van der Waals surface area contributed by atoms with Crippen molar-refractivity contribution in [3.8, 4) is 0 Å². The summed E-state index contributed by atoms with van der Waals surface area (Å²) in [5, 5.41) is 19.4. The smallest absolute Gasteiger partial charge is 0.238 e. The van der Waals surface area contributed by atoms with E-state index in [-0.39, 0.29) is 23.4 Å². The third kappa shape index (κ3) is 4.12. The van der Waals surface area contributed by atoms with E-state index in [4.69, 9.17) is 5.14 Å². The van der Waals surface area contributed by atoms with Gasteiger partial charge in [0.05, 0.1) is 17.2 Å². The minimum Gasteiger partial charge on any atom is -0.393 e. The Morgan fingerprint density at radius 3 is 2.44 bits per heavy atom. The molecule has 2 atom stereocenters. The van der Waals surface area contributed by atoms with Crippen molar-refractivity contribution in [2.24, 2.45) is 5.14 Å². The maximum Gasteiger partial charge on any atom is 0.238 e. The number of hydrazine groups is 1. The molecule has 146 valence electrons. The van der Waals surface area contributed by atoms with Gasteiger partial charge in [-0.1, -0.05) is 18.2 Å². The molecule has 0 radical (unpaired) electrons. The van der Waals surface area contributed by atoms with Crippen LogP contribution in [-0.4, -0.2) is 32.5 Å². The van der Waals surface area contributed by atoms with Crippen LogP contribution in [0.25, 0.3) is 0 Å². The van der Waals surface area contributed by atoms with Gasteiger partial charge >= 0.3 is 0 Å². The number of aliphatic hydroxyl groups is 1. The summed E-state index contributed by atoms with van der Waals surface area (Å²) in [4.78, 5) is -0.291. The summed E-state index contributed by atoms with van der Waals surface area (Å²) in [6, 6.07) is 9.53. The molecule has 2 aromatic carbocycles. The van der Waals surface area contributed by atoms with Crippen LogP contribution < -0.4 is 20.9 Å². The van der Waals surface area contributed by atoms with Gasteiger partial charge in [-0.2, -0.15) is 0 Å². The Balaban J connectivity index is 1.95. The van der Waals surface area contributed by atoms with Crippen LogP contribution in [0.15, 0.2) is 41.3 Å². The predicted molar refractivity (Wildman–Crippen MR) is 101 cm³/mol. The number of benzene rings is 2. The fourth-order valence-electron chi connectivity index (χ4n) is 3.31. The molecule has 3 rings (SSSR count). The number of aliphatic hydroxyl groups excluding tert-OH is 1. The fourth-order valence-corrected chi connectivity index (χ4v) is 3.83. The lowest BCUT2D eigenvalue weighted by atomic mass is 9.98. The highest BCUT2D eigenvalue weighted by molar-refractivity contribution is 7.89. The summed E-state index contributed by atoms with van der Waals surface area (Å²) in [7, 11) is -3.99. The van der Waals surface area contributed by atoms with Crippen LogP contribution in [0.2, 0.25) is 0 Å². The SMILES string of the molecule is Cc1cccc(C)c1CC1NC(CO)NN1c1ccc(S(N)(=O)=O)cc1F. The van der Waals surface area contributed by atoms with E-state index in [0.717, 1.165) is 22.8 Å². The normalized spacial score (nSPS) is 20.3. The first-order valence-corrected chi connectivity index (χ1v) is 10.0. The summed E-state index contributed by atoms with van der Waals surface area (Å²) in [5.41, 5.74) is 6.55. The van der Waals surface area contributed by atoms with Gasteiger partial charge in [-0.25, -0.2) is 23.4 Å². The molecule has 0 aromatic heterocycles. The number of hydrogen-bond donors (Lipinski definition) is 4. The highest BCUT2D eigenvalue weighted by Gasteiger charge is 2.33. The van der Waals surface area contributed by atoms with Crippen molar-refractivity contribution in [1.82, 2.24) is 10.7 Å². The van der Waals surface area contributed by atoms with Gasteiger partial charge in [0.2, 0.25) is 10.0 Å². The second-order valence-electron chi connectivity index (χ2n) is 6.65. The Kier molecular flexibility index (Phi) is 5.50. The average Bonchev–Trinajstić information content (AvgIpc) is 3.00. The number of hydrogen-bond acceptors (Lipinski definition) is 6. The van der Waals surface area contributed by atoms with E-state index in [1.54, 1.807) is 5.01 Å². The van der Waals surface area contributed by atoms with Crippen LogP contribution >= 0.6 is 0 Å². The molecule has 1 saturated heterocycles. The number of rotatable bonds is 5. The number of primary sulfonamides is 1. The number of nitrogens with two attached hydrogens (primary N) is 1. The van der Waals surface area contributed by atoms with E-state index in [1.807, 2.05) is 32.0 Å². The molecule has 0 amide bonds. The molecule has 2 aromatic rings. The molecule has 27 heavy (non-hydrogen) atoms. The Morgan fingerprint density at radius 1 is 1.22 bits per heavy atom. The van der Waals surface area contributed by atoms with Crippen LogP contribution in [0.1, 0.15) is 16.7 Å². The number of anilines is 1. The van der Waals surface area contributed by atoms with E-state index >= 15 is 0 Å². The standard InChI is InChI=1S/C18H23FN4O3S/c1-11-4-3-5-12(2)14(11)9-18-21-17(10-24)22-23(18)16-7-6-13(8-15(16)19)27(20,25)26/h3-8,17-18,21-22,24H,9-10H2,1-2H3,(H2,20,25,26). The van der Waals surface area contributed by atoms with Crippen molar-refractivity contribution in [3.63, 3.8) is 0 Å². The summed E-state index contributed by atoms with van der Waals surface area (Å²) in [6.45, 7) is 3.84. The van der Waals surface area contributed by atoms with Crippen molar-refractivity contribution in [1.29, 1.82) is 0 Å². The topological polar surface area (TPSA) is 108 Å². The van der Waals surface area contributed by atoms with Gasteiger partial charge in [0.25, 0.3) is 0 Å². The van der Waals surface area contributed by atoms with Gasteiger partial charge in [-0.15, -0.1) is 0 Å². The second-order valence-corrected chi connectivity index (χ2v) is 8.21. The number of nitrogens with one attached hydrogen (secondary N) is 2. The lowest BCUT2D eigenvalue weighted by Crippen LogP contribution is -2.42. The summed E-state index contributed by atoms with van der Waals surface area (Å²) < 4.78 is 37.5. The first kappa shape index (κ1) is 19.7. The molecular formula is C18H23FN4O3S. The summed E-state index contributed by atoms with van der Waals surface area (Å²) >= 11 is 0. The maximum atomic E-state index is 14.6. The molecule has 1 heterocycles. The number of sulfonamides is 1. The highest BCUT2D eigenvalue weighted by atomic mass is 32.2. The monoisotopic (exact) mass is 394 g/mol. The third-order valence-corrected chi connectivity index (χ3v) is 5.64. The molecule has 1 aliphatic heterocycles. The van der Waals surface area contributed by atoms with E-state index in [0.29, 0.717) is 6.42 Å². The fraction of sp³-hybridized carbons (Fsp3) is 0.333. The molecule has 7 nitrogen and oxygen atoms in total. The maximum absolute atomic E-state index is 14.6. The zero-order valence-corrected chi connectivity index (χ0v) is 15.9. The zero-order valence-electron chi connectivity index (χ0n) is 15.1. The minimum absolute atomic E-state index is 0.169. The Labute approximate surface area is 158 Å². The van der Waals surface area contributed by atoms with Gasteiger partial charge in [0.1, 0.15) is 18.1 Å². The average molecular weight is 394 g/mol. The third-order valence-electron chi connectivity index (χ3n) is 4.73. The molecule has 2 unspecified atom stereocenters. The number of nitrogens with zero attached hydrogens (tertiary/aromatic N) is 1. The molecule has 9 heteroatoms. The number of aryl methyl sites for hydroxylation is 2. The van der Waals surface area contributed by atoms with Crippen LogP contribution in [-0.2, 0) is 16.4 Å². The van der Waals surface area contributed by atoms with Gasteiger partial charge < -0.3 is 5.11 Å². The van der Waals surface area contributed by atoms with Crippen LogP contribution in [0, 0.1) is 19.7 Å². The lowest BCUT2D eigenvalue weighted by Gasteiger charge is -2.27. The highest BCUT2D eigenvalue weighted by Crippen LogP contribution is 2.27. The molecule has 1 fully saturated rings. The van der Waals surface area contributed by atoms with Crippen molar-refractivity contribution in [3.05, 3.63) is 58.9 Å². The van der Waals surface area contributed by atoms with E-state index < -0.39 is 22.0 Å². The van der Waals surface area contributed by atoms with Crippen molar-refractivity contribution >= 4 is 15.7 Å². The largest absolute Gasteiger partial charge is 0.393 e. The van der Waals surface area contributed by atoms with Crippen molar-refractivity contribution in [2.45, 2.75) is 37.5 Å². The molecule has 5 N–H and O–H groups in total. The van der Waals surface area contributed by atoms with E-state index in [1.165, 1.54) is 12.1 Å². The van der Waals surface area contributed by atoms with E-state index in [9.17, 15) is 17.9 Å². The first-order valence-electron chi connectivity index (χ1n) is 8.50. The lowest BCUT2D eigenvalue weighted by molar-refractivity contribution is 0.240. The molecular weight excluding hydrogens is 371 g/mol. The van der Waals surface area contributed by atoms with Crippen LogP contribution in [0.3, 0.4) is 0 Å². The Hall–Kier alpha value is -2.04. The van der Waals surface area contributed by atoms with Gasteiger partial charge in [-0.3, -0.25) is 10.3 Å². The zero-order chi connectivity index (χ0) is 19.8. The molecule has 0 aliphatic carbocycles. The summed E-state index contributed by atoms with van der Waals surface area (Å²) in [5.74, 6) is -0.721. The minimum atomic E-state index is -3.99. The Bertz CT molecular complexity index is 931. The molecule has 0 saturated carbocycles. The van der Waals surface area contributed by atoms with Crippen molar-refractivity contribution < 1.29 is 17.9 Å². The van der Waals surface area contributed by atoms with Crippen molar-refractivity contribution in [2.75, 3.05) is 11.6 Å². The van der Waals surface area contributed by atoms with Crippen LogP contribution in [0.5, 0.6) is 0 Å². The van der Waals surface area contributed by atoms with Gasteiger partial charge in [0, 0.05) is 6.42 Å². The molecule has 0 bridgehead atoms. The van der Waals surface area contributed by atoms with Gasteiger partial charge in [0.15, 0.2) is 0 Å². The molecule has 0 spiro atoms. The van der Waals surface area contributed by atoms with Gasteiger partial charge in [-0.05, 0) is 48.7 Å². The van der Waals surface area contributed by atoms with Crippen LogP contribution in [0.4, 0.5) is 10.1 Å². The van der Waals surface area contributed by atoms with E-state index in [2.05, 4.69) is 10.7 Å². The first-order chi connectivity index (χ1) is 12.7. The predicted octanol–water partition coefficient (Wildman–Crippen LogP) is 0.891. The molecule has 1 aliphatic rings.